The molecule has 0 atom stereocenters. The topological polar surface area (TPSA) is 54.7 Å². The van der Waals surface area contributed by atoms with Gasteiger partial charge >= 0.3 is 0 Å². The molecule has 6 heteroatoms. The normalized spacial score (nSPS) is 18.9. The fraction of sp³-hybridized carbons (Fsp3) is 0.375. The van der Waals surface area contributed by atoms with E-state index in [1.807, 2.05) is 28.9 Å². The SMILES string of the molecule is C1=COCC(c2cn3ccc(N4CCCNCC4)nc3n2)=C1. The number of nitrogens with zero attached hydrogens (tertiary/aromatic N) is 4. The molecule has 0 aliphatic carbocycles. The van der Waals surface area contributed by atoms with Gasteiger partial charge in [0.05, 0.1) is 12.0 Å². The van der Waals surface area contributed by atoms with Crippen LogP contribution in [0.1, 0.15) is 12.1 Å². The number of aromatic nitrogens is 3. The molecule has 114 valence electrons. The molecule has 6 nitrogen and oxygen atoms in total. The van der Waals surface area contributed by atoms with Gasteiger partial charge in [0.2, 0.25) is 5.78 Å². The van der Waals surface area contributed by atoms with E-state index in [-0.39, 0.29) is 0 Å². The lowest BCUT2D eigenvalue weighted by atomic mass is 10.2. The van der Waals surface area contributed by atoms with E-state index < -0.39 is 0 Å². The van der Waals surface area contributed by atoms with Crippen molar-refractivity contribution in [2.75, 3.05) is 37.7 Å². The molecular weight excluding hydrogens is 278 g/mol. The summed E-state index contributed by atoms with van der Waals surface area (Å²) in [6.07, 6.45) is 10.8. The molecule has 22 heavy (non-hydrogen) atoms. The highest BCUT2D eigenvalue weighted by atomic mass is 16.5. The maximum absolute atomic E-state index is 5.33. The Morgan fingerprint density at radius 2 is 2.18 bits per heavy atom. The van der Waals surface area contributed by atoms with E-state index >= 15 is 0 Å². The van der Waals surface area contributed by atoms with E-state index in [1.165, 1.54) is 0 Å². The summed E-state index contributed by atoms with van der Waals surface area (Å²) >= 11 is 0. The minimum Gasteiger partial charge on any atom is -0.496 e. The summed E-state index contributed by atoms with van der Waals surface area (Å²) in [4.78, 5) is 11.7. The highest BCUT2D eigenvalue weighted by molar-refractivity contribution is 5.67. The molecule has 4 heterocycles. The van der Waals surface area contributed by atoms with Crippen molar-refractivity contribution in [3.8, 4) is 0 Å². The van der Waals surface area contributed by atoms with Gasteiger partial charge in [-0.15, -0.1) is 0 Å². The van der Waals surface area contributed by atoms with Crippen molar-refractivity contribution in [3.63, 3.8) is 0 Å². The second-order valence-electron chi connectivity index (χ2n) is 5.54. The Kier molecular flexibility index (Phi) is 3.52. The molecule has 1 fully saturated rings. The number of nitrogens with one attached hydrogen (secondary N) is 1. The van der Waals surface area contributed by atoms with Gasteiger partial charge in [-0.05, 0) is 25.1 Å². The van der Waals surface area contributed by atoms with Gasteiger partial charge in [0.1, 0.15) is 12.4 Å². The molecule has 0 spiro atoms. The monoisotopic (exact) mass is 297 g/mol. The molecule has 1 N–H and O–H groups in total. The molecule has 2 aliphatic heterocycles. The predicted octanol–water partition coefficient (Wildman–Crippen LogP) is 1.46. The number of anilines is 1. The molecule has 2 aliphatic rings. The minimum absolute atomic E-state index is 0.561. The third kappa shape index (κ3) is 2.57. The number of imidazole rings is 1. The third-order valence-corrected chi connectivity index (χ3v) is 4.02. The number of fused-ring (bicyclic) bond motifs is 1. The first kappa shape index (κ1) is 13.3. The highest BCUT2D eigenvalue weighted by Gasteiger charge is 2.14. The molecule has 2 aromatic heterocycles. The molecule has 1 saturated heterocycles. The van der Waals surface area contributed by atoms with Gasteiger partial charge in [0, 0.05) is 37.6 Å². The van der Waals surface area contributed by atoms with Crippen molar-refractivity contribution in [2.45, 2.75) is 6.42 Å². The van der Waals surface area contributed by atoms with Gasteiger partial charge in [-0.1, -0.05) is 6.08 Å². The van der Waals surface area contributed by atoms with E-state index in [2.05, 4.69) is 21.3 Å². The van der Waals surface area contributed by atoms with Gasteiger partial charge in [-0.2, -0.15) is 4.98 Å². The largest absolute Gasteiger partial charge is 0.496 e. The Bertz CT molecular complexity index is 725. The molecule has 0 aromatic carbocycles. The maximum Gasteiger partial charge on any atom is 0.236 e. The number of hydrogen-bond donors (Lipinski definition) is 1. The van der Waals surface area contributed by atoms with Crippen LogP contribution in [0.4, 0.5) is 5.82 Å². The predicted molar refractivity (Wildman–Crippen MR) is 85.8 cm³/mol. The quantitative estimate of drug-likeness (QED) is 0.909. The van der Waals surface area contributed by atoms with Crippen LogP contribution in [0.2, 0.25) is 0 Å². The van der Waals surface area contributed by atoms with Crippen LogP contribution in [0, 0.1) is 0 Å². The summed E-state index contributed by atoms with van der Waals surface area (Å²) in [5, 5.41) is 3.41. The average molecular weight is 297 g/mol. The minimum atomic E-state index is 0.561. The Morgan fingerprint density at radius 1 is 1.18 bits per heavy atom. The smallest absolute Gasteiger partial charge is 0.236 e. The molecule has 4 rings (SSSR count). The Labute approximate surface area is 129 Å². The van der Waals surface area contributed by atoms with Crippen molar-refractivity contribution in [1.82, 2.24) is 19.7 Å². The lowest BCUT2D eigenvalue weighted by Gasteiger charge is -2.20. The first-order valence-electron chi connectivity index (χ1n) is 7.69. The zero-order valence-corrected chi connectivity index (χ0v) is 12.4. The van der Waals surface area contributed by atoms with Crippen LogP contribution in [0.3, 0.4) is 0 Å². The second kappa shape index (κ2) is 5.81. The first-order valence-corrected chi connectivity index (χ1v) is 7.69. The first-order chi connectivity index (χ1) is 10.9. The van der Waals surface area contributed by atoms with Crippen LogP contribution in [-0.2, 0) is 4.74 Å². The standard InChI is InChI=1S/C16H19N5O/c1-3-13(12-22-10-1)14-11-21-8-4-15(19-16(21)18-14)20-7-2-5-17-6-9-20/h1,3-4,8,10-11,17H,2,5-7,9,12H2. The number of allylic oxidation sites excluding steroid dienone is 2. The molecule has 0 saturated carbocycles. The number of ether oxygens (including phenoxy) is 1. The van der Waals surface area contributed by atoms with E-state index in [4.69, 9.17) is 9.72 Å². The van der Waals surface area contributed by atoms with Crippen molar-refractivity contribution in [2.24, 2.45) is 0 Å². The summed E-state index contributed by atoms with van der Waals surface area (Å²) < 4.78 is 7.30. The summed E-state index contributed by atoms with van der Waals surface area (Å²) in [5.41, 5.74) is 2.00. The molecule has 0 amide bonds. The van der Waals surface area contributed by atoms with Crippen LogP contribution in [0.15, 0.2) is 36.9 Å². The Hall–Kier alpha value is -2.34. The van der Waals surface area contributed by atoms with Gasteiger partial charge in [-0.3, -0.25) is 4.40 Å². The van der Waals surface area contributed by atoms with Crippen LogP contribution in [-0.4, -0.2) is 47.2 Å². The fourth-order valence-corrected chi connectivity index (χ4v) is 2.82. The van der Waals surface area contributed by atoms with Gasteiger partial charge in [-0.25, -0.2) is 4.98 Å². The summed E-state index contributed by atoms with van der Waals surface area (Å²) in [5.74, 6) is 1.74. The van der Waals surface area contributed by atoms with Gasteiger partial charge < -0.3 is 15.0 Å². The lowest BCUT2D eigenvalue weighted by molar-refractivity contribution is 0.292. The van der Waals surface area contributed by atoms with Crippen molar-refractivity contribution < 1.29 is 4.74 Å². The number of hydrogen-bond acceptors (Lipinski definition) is 5. The van der Waals surface area contributed by atoms with Crippen molar-refractivity contribution in [1.29, 1.82) is 0 Å². The zero-order chi connectivity index (χ0) is 14.8. The van der Waals surface area contributed by atoms with Gasteiger partial charge in [0.25, 0.3) is 0 Å². The molecule has 0 radical (unpaired) electrons. The van der Waals surface area contributed by atoms with E-state index in [0.29, 0.717) is 6.61 Å². The van der Waals surface area contributed by atoms with E-state index in [1.54, 1.807) is 6.26 Å². The van der Waals surface area contributed by atoms with E-state index in [9.17, 15) is 0 Å². The maximum atomic E-state index is 5.33. The Balaban J connectivity index is 1.65. The molecule has 2 aromatic rings. The highest BCUT2D eigenvalue weighted by Crippen LogP contribution is 2.19. The summed E-state index contributed by atoms with van der Waals surface area (Å²) in [6.45, 7) is 4.66. The zero-order valence-electron chi connectivity index (χ0n) is 12.4. The van der Waals surface area contributed by atoms with Crippen LogP contribution in [0.5, 0.6) is 0 Å². The lowest BCUT2D eigenvalue weighted by Crippen LogP contribution is -2.28. The van der Waals surface area contributed by atoms with Crippen LogP contribution < -0.4 is 10.2 Å². The van der Waals surface area contributed by atoms with E-state index in [0.717, 1.165) is 55.5 Å². The number of rotatable bonds is 2. The molecule has 0 unspecified atom stereocenters. The second-order valence-corrected chi connectivity index (χ2v) is 5.54. The third-order valence-electron chi connectivity index (χ3n) is 4.02. The summed E-state index contributed by atoms with van der Waals surface area (Å²) in [6, 6.07) is 2.06. The average Bonchev–Trinajstić information content (AvgIpc) is 2.81. The van der Waals surface area contributed by atoms with Gasteiger partial charge in [0.15, 0.2) is 0 Å². The van der Waals surface area contributed by atoms with Crippen LogP contribution in [0.25, 0.3) is 11.4 Å². The fourth-order valence-electron chi connectivity index (χ4n) is 2.82. The van der Waals surface area contributed by atoms with Crippen molar-refractivity contribution in [3.05, 3.63) is 42.6 Å². The van der Waals surface area contributed by atoms with Crippen molar-refractivity contribution >= 4 is 17.2 Å². The molecule has 0 bridgehead atoms. The van der Waals surface area contributed by atoms with Crippen LogP contribution >= 0.6 is 0 Å². The molecular formula is C16H19N5O. The summed E-state index contributed by atoms with van der Waals surface area (Å²) in [7, 11) is 0. The Morgan fingerprint density at radius 3 is 3.09 bits per heavy atom.